The molecular formula is C14H14FIOS. The van der Waals surface area contributed by atoms with Crippen LogP contribution in [0.25, 0.3) is 0 Å². The van der Waals surface area contributed by atoms with E-state index < -0.39 is 6.10 Å². The first-order valence-corrected chi connectivity index (χ1v) is 7.70. The zero-order valence-corrected chi connectivity index (χ0v) is 13.0. The molecule has 0 amide bonds. The standard InChI is InChI=1S/C14H14FIOS/c1-2-10-4-5-11(18-10)8-14(17)12-6-3-9(15)7-13(12)16/h3-7,14,17H,2,8H2,1H3. The quantitative estimate of drug-likeness (QED) is 0.788. The van der Waals surface area contributed by atoms with Gasteiger partial charge in [-0.3, -0.25) is 0 Å². The molecule has 0 spiro atoms. The molecule has 0 saturated carbocycles. The Morgan fingerprint density at radius 1 is 1.28 bits per heavy atom. The Labute approximate surface area is 124 Å². The van der Waals surface area contributed by atoms with E-state index in [1.54, 1.807) is 17.4 Å². The summed E-state index contributed by atoms with van der Waals surface area (Å²) in [5, 5.41) is 10.2. The van der Waals surface area contributed by atoms with Gasteiger partial charge in [-0.05, 0) is 58.8 Å². The molecule has 1 atom stereocenters. The Kier molecular flexibility index (Phi) is 4.75. The number of benzene rings is 1. The highest BCUT2D eigenvalue weighted by molar-refractivity contribution is 14.1. The highest BCUT2D eigenvalue weighted by atomic mass is 127. The zero-order valence-electron chi connectivity index (χ0n) is 9.99. The Morgan fingerprint density at radius 2 is 2.00 bits per heavy atom. The van der Waals surface area contributed by atoms with Gasteiger partial charge in [-0.25, -0.2) is 4.39 Å². The molecular weight excluding hydrogens is 362 g/mol. The summed E-state index contributed by atoms with van der Waals surface area (Å²) in [6.07, 6.45) is 1.04. The van der Waals surface area contributed by atoms with Crippen molar-refractivity contribution in [3.8, 4) is 0 Å². The van der Waals surface area contributed by atoms with Gasteiger partial charge >= 0.3 is 0 Å². The third kappa shape index (κ3) is 3.30. The molecule has 1 aromatic heterocycles. The molecule has 0 aliphatic heterocycles. The Balaban J connectivity index is 2.13. The summed E-state index contributed by atoms with van der Waals surface area (Å²) in [6.45, 7) is 2.12. The van der Waals surface area contributed by atoms with Gasteiger partial charge < -0.3 is 5.11 Å². The molecule has 18 heavy (non-hydrogen) atoms. The van der Waals surface area contributed by atoms with Crippen LogP contribution in [-0.2, 0) is 12.8 Å². The molecule has 0 radical (unpaired) electrons. The van der Waals surface area contributed by atoms with Gasteiger partial charge in [0, 0.05) is 19.7 Å². The van der Waals surface area contributed by atoms with Crippen molar-refractivity contribution >= 4 is 33.9 Å². The predicted octanol–water partition coefficient (Wildman–Crippen LogP) is 4.33. The number of hydrogen-bond donors (Lipinski definition) is 1. The highest BCUT2D eigenvalue weighted by Crippen LogP contribution is 2.27. The van der Waals surface area contributed by atoms with E-state index in [1.807, 2.05) is 0 Å². The van der Waals surface area contributed by atoms with Crippen molar-refractivity contribution in [3.63, 3.8) is 0 Å². The molecule has 96 valence electrons. The number of hydrogen-bond acceptors (Lipinski definition) is 2. The maximum absolute atomic E-state index is 13.0. The molecule has 1 heterocycles. The number of aliphatic hydroxyl groups excluding tert-OH is 1. The minimum atomic E-state index is -0.569. The van der Waals surface area contributed by atoms with E-state index in [0.717, 1.165) is 15.6 Å². The van der Waals surface area contributed by atoms with Crippen LogP contribution in [0.15, 0.2) is 30.3 Å². The Morgan fingerprint density at radius 3 is 2.61 bits per heavy atom. The van der Waals surface area contributed by atoms with Crippen LogP contribution < -0.4 is 0 Å². The second-order valence-electron chi connectivity index (χ2n) is 4.11. The van der Waals surface area contributed by atoms with E-state index in [0.29, 0.717) is 6.42 Å². The van der Waals surface area contributed by atoms with Crippen LogP contribution in [0, 0.1) is 9.39 Å². The number of rotatable bonds is 4. The summed E-state index contributed by atoms with van der Waals surface area (Å²) in [5.74, 6) is -0.264. The molecule has 0 aliphatic rings. The van der Waals surface area contributed by atoms with Crippen LogP contribution >= 0.6 is 33.9 Å². The summed E-state index contributed by atoms with van der Waals surface area (Å²) in [6, 6.07) is 8.67. The van der Waals surface area contributed by atoms with Crippen LogP contribution in [0.5, 0.6) is 0 Å². The minimum absolute atomic E-state index is 0.264. The Bertz CT molecular complexity index is 538. The Hall–Kier alpha value is -0.460. The maximum Gasteiger partial charge on any atom is 0.124 e. The monoisotopic (exact) mass is 376 g/mol. The van der Waals surface area contributed by atoms with Gasteiger partial charge in [-0.2, -0.15) is 0 Å². The van der Waals surface area contributed by atoms with Crippen molar-refractivity contribution in [1.29, 1.82) is 0 Å². The lowest BCUT2D eigenvalue weighted by Crippen LogP contribution is -2.03. The summed E-state index contributed by atoms with van der Waals surface area (Å²) in [5.41, 5.74) is 0.795. The molecule has 0 aliphatic carbocycles. The van der Waals surface area contributed by atoms with Crippen molar-refractivity contribution in [1.82, 2.24) is 0 Å². The largest absolute Gasteiger partial charge is 0.388 e. The van der Waals surface area contributed by atoms with Gasteiger partial charge in [0.2, 0.25) is 0 Å². The lowest BCUT2D eigenvalue weighted by molar-refractivity contribution is 0.178. The third-order valence-corrected chi connectivity index (χ3v) is 4.97. The maximum atomic E-state index is 13.0. The lowest BCUT2D eigenvalue weighted by Gasteiger charge is -2.11. The summed E-state index contributed by atoms with van der Waals surface area (Å²) in [7, 11) is 0. The van der Waals surface area contributed by atoms with Crippen LogP contribution in [0.1, 0.15) is 28.3 Å². The smallest absolute Gasteiger partial charge is 0.124 e. The van der Waals surface area contributed by atoms with Gasteiger partial charge in [0.15, 0.2) is 0 Å². The lowest BCUT2D eigenvalue weighted by atomic mass is 10.1. The number of aliphatic hydroxyl groups is 1. The third-order valence-electron chi connectivity index (χ3n) is 2.78. The molecule has 1 N–H and O–H groups in total. The van der Waals surface area contributed by atoms with Crippen molar-refractivity contribution in [2.24, 2.45) is 0 Å². The van der Waals surface area contributed by atoms with Crippen molar-refractivity contribution < 1.29 is 9.50 Å². The molecule has 4 heteroatoms. The van der Waals surface area contributed by atoms with Gasteiger partial charge in [0.1, 0.15) is 5.82 Å². The van der Waals surface area contributed by atoms with Crippen LogP contribution in [-0.4, -0.2) is 5.11 Å². The van der Waals surface area contributed by atoms with Crippen molar-refractivity contribution in [2.75, 3.05) is 0 Å². The summed E-state index contributed by atoms with van der Waals surface area (Å²) in [4.78, 5) is 2.49. The van der Waals surface area contributed by atoms with E-state index in [-0.39, 0.29) is 5.82 Å². The van der Waals surface area contributed by atoms with Crippen molar-refractivity contribution in [3.05, 3.63) is 55.0 Å². The predicted molar refractivity (Wildman–Crippen MR) is 81.5 cm³/mol. The number of thiophene rings is 1. The fourth-order valence-corrected chi connectivity index (χ4v) is 3.63. The summed E-state index contributed by atoms with van der Waals surface area (Å²) >= 11 is 3.79. The van der Waals surface area contributed by atoms with E-state index >= 15 is 0 Å². The van der Waals surface area contributed by atoms with Gasteiger partial charge in [0.05, 0.1) is 6.10 Å². The second kappa shape index (κ2) is 6.12. The van der Waals surface area contributed by atoms with E-state index in [4.69, 9.17) is 0 Å². The molecule has 2 rings (SSSR count). The fourth-order valence-electron chi connectivity index (χ4n) is 1.79. The highest BCUT2D eigenvalue weighted by Gasteiger charge is 2.13. The van der Waals surface area contributed by atoms with Gasteiger partial charge in [-0.1, -0.05) is 13.0 Å². The molecule has 0 bridgehead atoms. The minimum Gasteiger partial charge on any atom is -0.388 e. The molecule has 1 unspecified atom stereocenters. The topological polar surface area (TPSA) is 20.2 Å². The van der Waals surface area contributed by atoms with Gasteiger partial charge in [-0.15, -0.1) is 11.3 Å². The number of halogens is 2. The van der Waals surface area contributed by atoms with E-state index in [9.17, 15) is 9.50 Å². The second-order valence-corrected chi connectivity index (χ2v) is 6.52. The fraction of sp³-hybridized carbons (Fsp3) is 0.286. The van der Waals surface area contributed by atoms with Crippen molar-refractivity contribution in [2.45, 2.75) is 25.9 Å². The van der Waals surface area contributed by atoms with Crippen LogP contribution in [0.3, 0.4) is 0 Å². The molecule has 0 fully saturated rings. The van der Waals surface area contributed by atoms with Crippen LogP contribution in [0.4, 0.5) is 4.39 Å². The normalized spacial score (nSPS) is 12.7. The molecule has 2 aromatic rings. The van der Waals surface area contributed by atoms with E-state index in [1.165, 1.54) is 21.9 Å². The zero-order chi connectivity index (χ0) is 13.1. The first-order valence-electron chi connectivity index (χ1n) is 5.80. The number of aryl methyl sites for hydroxylation is 1. The SMILES string of the molecule is CCc1ccc(CC(O)c2ccc(F)cc2I)s1. The first-order chi connectivity index (χ1) is 8.60. The van der Waals surface area contributed by atoms with Crippen LogP contribution in [0.2, 0.25) is 0 Å². The molecule has 1 nitrogen and oxygen atoms in total. The van der Waals surface area contributed by atoms with E-state index in [2.05, 4.69) is 41.6 Å². The summed E-state index contributed by atoms with van der Waals surface area (Å²) < 4.78 is 13.8. The van der Waals surface area contributed by atoms with Gasteiger partial charge in [0.25, 0.3) is 0 Å². The molecule has 0 saturated heterocycles. The molecule has 1 aromatic carbocycles. The first kappa shape index (κ1) is 14.0. The average Bonchev–Trinajstić information content (AvgIpc) is 2.76. The average molecular weight is 376 g/mol.